The highest BCUT2D eigenvalue weighted by molar-refractivity contribution is 5.81. The number of benzene rings is 2. The molecule has 1 N–H and O–H groups in total. The molecule has 1 fully saturated rings. The number of hydrogen-bond donors (Lipinski definition) is 1. The topological polar surface area (TPSA) is 66.8 Å². The number of carbonyl (C=O) groups is 2. The Morgan fingerprint density at radius 3 is 2.25 bits per heavy atom. The fraction of sp³-hybridized carbons (Fsp3) is 0.391. The van der Waals surface area contributed by atoms with Crippen LogP contribution < -0.4 is 0 Å². The molecule has 1 saturated heterocycles. The second kappa shape index (κ2) is 7.66. The van der Waals surface area contributed by atoms with Crippen molar-refractivity contribution in [2.45, 2.75) is 38.1 Å². The molecule has 0 radical (unpaired) electrons. The van der Waals surface area contributed by atoms with Crippen LogP contribution in [0.5, 0.6) is 0 Å². The van der Waals surface area contributed by atoms with Crippen molar-refractivity contribution in [3.63, 3.8) is 0 Å². The van der Waals surface area contributed by atoms with E-state index in [-0.39, 0.29) is 18.4 Å². The number of aliphatic carboxylic acids is 1. The number of hydrogen-bond acceptors (Lipinski definition) is 3. The largest absolute Gasteiger partial charge is 0.480 e. The number of piperidine rings is 1. The number of nitrogens with zero attached hydrogens (tertiary/aromatic N) is 1. The average molecular weight is 379 g/mol. The first kappa shape index (κ1) is 18.5. The summed E-state index contributed by atoms with van der Waals surface area (Å²) in [5.41, 5.74) is 4.64. The van der Waals surface area contributed by atoms with Gasteiger partial charge in [-0.05, 0) is 41.0 Å². The van der Waals surface area contributed by atoms with Gasteiger partial charge in [-0.3, -0.25) is 4.90 Å². The van der Waals surface area contributed by atoms with Crippen molar-refractivity contribution in [3.8, 4) is 11.1 Å². The van der Waals surface area contributed by atoms with Gasteiger partial charge < -0.3 is 9.84 Å². The Balaban J connectivity index is 1.53. The maximum atomic E-state index is 12.8. The van der Waals surface area contributed by atoms with Crippen LogP contribution in [0.2, 0.25) is 0 Å². The third kappa shape index (κ3) is 3.15. The van der Waals surface area contributed by atoms with Crippen molar-refractivity contribution < 1.29 is 19.4 Å². The van der Waals surface area contributed by atoms with Gasteiger partial charge in [0, 0.05) is 12.5 Å². The fourth-order valence-electron chi connectivity index (χ4n) is 4.72. The quantitative estimate of drug-likeness (QED) is 0.849. The molecule has 146 valence electrons. The van der Waals surface area contributed by atoms with Gasteiger partial charge in [-0.25, -0.2) is 9.59 Å². The molecule has 0 bridgehead atoms. The fourth-order valence-corrected chi connectivity index (χ4v) is 4.72. The van der Waals surface area contributed by atoms with E-state index >= 15 is 0 Å². The molecule has 2 aromatic rings. The van der Waals surface area contributed by atoms with Crippen LogP contribution >= 0.6 is 0 Å². The van der Waals surface area contributed by atoms with E-state index < -0.39 is 18.1 Å². The number of fused-ring (bicyclic) bond motifs is 3. The van der Waals surface area contributed by atoms with E-state index in [1.54, 1.807) is 0 Å². The molecular weight excluding hydrogens is 354 g/mol. The molecule has 0 spiro atoms. The Morgan fingerprint density at radius 2 is 1.68 bits per heavy atom. The van der Waals surface area contributed by atoms with Crippen LogP contribution in [0.3, 0.4) is 0 Å². The van der Waals surface area contributed by atoms with Crippen molar-refractivity contribution in [1.82, 2.24) is 4.90 Å². The number of ether oxygens (including phenoxy) is 1. The van der Waals surface area contributed by atoms with Crippen LogP contribution in [0.4, 0.5) is 4.79 Å². The van der Waals surface area contributed by atoms with Crippen LogP contribution in [0.1, 0.15) is 43.2 Å². The normalized spacial score (nSPS) is 21.1. The summed E-state index contributed by atoms with van der Waals surface area (Å²) in [5.74, 6) is -0.988. The number of likely N-dealkylation sites (tertiary alicyclic amines) is 1. The van der Waals surface area contributed by atoms with Crippen LogP contribution in [0.15, 0.2) is 48.5 Å². The SMILES string of the molecule is CC[C@@H]1CCCN(C(=O)OCC2c3ccccc3-c3ccccc32)[C@@H]1C(=O)O. The van der Waals surface area contributed by atoms with Crippen LogP contribution in [-0.4, -0.2) is 41.3 Å². The first-order valence-corrected chi connectivity index (χ1v) is 9.96. The monoisotopic (exact) mass is 379 g/mol. The van der Waals surface area contributed by atoms with E-state index in [2.05, 4.69) is 24.3 Å². The van der Waals surface area contributed by atoms with E-state index in [0.29, 0.717) is 6.54 Å². The minimum atomic E-state index is -0.944. The molecule has 2 aliphatic rings. The number of carboxylic acids is 1. The smallest absolute Gasteiger partial charge is 0.410 e. The van der Waals surface area contributed by atoms with Gasteiger partial charge in [0.15, 0.2) is 0 Å². The lowest BCUT2D eigenvalue weighted by atomic mass is 9.87. The summed E-state index contributed by atoms with van der Waals surface area (Å²) in [6.45, 7) is 2.62. The molecule has 1 heterocycles. The highest BCUT2D eigenvalue weighted by Crippen LogP contribution is 2.44. The van der Waals surface area contributed by atoms with E-state index in [0.717, 1.165) is 30.4 Å². The van der Waals surface area contributed by atoms with E-state index in [4.69, 9.17) is 4.74 Å². The lowest BCUT2D eigenvalue weighted by Crippen LogP contribution is -2.52. The van der Waals surface area contributed by atoms with Gasteiger partial charge >= 0.3 is 12.1 Å². The summed E-state index contributed by atoms with van der Waals surface area (Å²) < 4.78 is 5.68. The van der Waals surface area contributed by atoms with Crippen molar-refractivity contribution in [2.75, 3.05) is 13.2 Å². The standard InChI is InChI=1S/C23H25NO4/c1-2-15-8-7-13-24(21(15)22(25)26)23(27)28-14-20-18-11-5-3-9-16(18)17-10-4-6-12-19(17)20/h3-6,9-12,15,20-21H,2,7-8,13-14H2,1H3,(H,25,26)/t15-,21+/m1/s1. The molecule has 4 rings (SSSR count). The van der Waals surface area contributed by atoms with Crippen molar-refractivity contribution in [2.24, 2.45) is 5.92 Å². The molecule has 1 amide bonds. The third-order valence-electron chi connectivity index (χ3n) is 6.10. The molecular formula is C23H25NO4. The van der Waals surface area contributed by atoms with Crippen molar-refractivity contribution in [1.29, 1.82) is 0 Å². The van der Waals surface area contributed by atoms with E-state index in [1.807, 2.05) is 31.2 Å². The molecule has 0 unspecified atom stereocenters. The van der Waals surface area contributed by atoms with Gasteiger partial charge in [0.05, 0.1) is 0 Å². The Labute approximate surface area is 164 Å². The van der Waals surface area contributed by atoms with Gasteiger partial charge in [0.25, 0.3) is 0 Å². The Kier molecular flexibility index (Phi) is 5.07. The summed E-state index contributed by atoms with van der Waals surface area (Å²) in [4.78, 5) is 26.0. The lowest BCUT2D eigenvalue weighted by molar-refractivity contribution is -0.146. The lowest BCUT2D eigenvalue weighted by Gasteiger charge is -2.37. The van der Waals surface area contributed by atoms with Gasteiger partial charge in [-0.15, -0.1) is 0 Å². The van der Waals surface area contributed by atoms with Crippen molar-refractivity contribution in [3.05, 3.63) is 59.7 Å². The first-order valence-electron chi connectivity index (χ1n) is 9.96. The molecule has 1 aliphatic heterocycles. The number of carbonyl (C=O) groups excluding carboxylic acids is 1. The zero-order valence-electron chi connectivity index (χ0n) is 16.0. The highest BCUT2D eigenvalue weighted by Gasteiger charge is 2.40. The predicted molar refractivity (Wildman–Crippen MR) is 106 cm³/mol. The van der Waals surface area contributed by atoms with Gasteiger partial charge in [-0.2, -0.15) is 0 Å². The minimum Gasteiger partial charge on any atom is -0.480 e. The molecule has 0 saturated carbocycles. The summed E-state index contributed by atoms with van der Waals surface area (Å²) in [6.07, 6.45) is 1.87. The molecule has 0 aromatic heterocycles. The summed E-state index contributed by atoms with van der Waals surface area (Å²) in [5, 5.41) is 9.65. The average Bonchev–Trinajstić information content (AvgIpc) is 3.05. The van der Waals surface area contributed by atoms with Crippen LogP contribution in [0.25, 0.3) is 11.1 Å². The summed E-state index contributed by atoms with van der Waals surface area (Å²) in [7, 11) is 0. The maximum Gasteiger partial charge on any atom is 0.410 e. The van der Waals surface area contributed by atoms with E-state index in [1.165, 1.54) is 16.0 Å². The second-order valence-electron chi connectivity index (χ2n) is 7.59. The third-order valence-corrected chi connectivity index (χ3v) is 6.10. The molecule has 28 heavy (non-hydrogen) atoms. The molecule has 2 aromatic carbocycles. The van der Waals surface area contributed by atoms with Crippen molar-refractivity contribution >= 4 is 12.1 Å². The minimum absolute atomic E-state index is 0.0215. The number of carboxylic acid groups (broad SMARTS) is 1. The van der Waals surface area contributed by atoms with Gasteiger partial charge in [-0.1, -0.05) is 61.9 Å². The molecule has 1 aliphatic carbocycles. The summed E-state index contributed by atoms with van der Waals surface area (Å²) in [6, 6.07) is 15.5. The first-order chi connectivity index (χ1) is 13.6. The highest BCUT2D eigenvalue weighted by atomic mass is 16.6. The van der Waals surface area contributed by atoms with Crippen LogP contribution in [-0.2, 0) is 9.53 Å². The number of amides is 1. The molecule has 2 atom stereocenters. The van der Waals surface area contributed by atoms with Gasteiger partial charge in [0.1, 0.15) is 12.6 Å². The van der Waals surface area contributed by atoms with Gasteiger partial charge in [0.2, 0.25) is 0 Å². The van der Waals surface area contributed by atoms with E-state index in [9.17, 15) is 14.7 Å². The summed E-state index contributed by atoms with van der Waals surface area (Å²) >= 11 is 0. The Hall–Kier alpha value is -2.82. The Bertz CT molecular complexity index is 848. The van der Waals surface area contributed by atoms with Crippen LogP contribution in [0, 0.1) is 5.92 Å². The number of rotatable bonds is 4. The second-order valence-corrected chi connectivity index (χ2v) is 7.59. The zero-order chi connectivity index (χ0) is 19.7. The Morgan fingerprint density at radius 1 is 1.07 bits per heavy atom. The molecule has 5 heteroatoms. The maximum absolute atomic E-state index is 12.8. The molecule has 5 nitrogen and oxygen atoms in total. The predicted octanol–water partition coefficient (Wildman–Crippen LogP) is 4.51. The zero-order valence-corrected chi connectivity index (χ0v) is 16.0.